The van der Waals surface area contributed by atoms with Crippen LogP contribution in [0, 0.1) is 0 Å². The van der Waals surface area contributed by atoms with Crippen molar-refractivity contribution in [3.05, 3.63) is 0 Å². The van der Waals surface area contributed by atoms with Crippen molar-refractivity contribution in [3.63, 3.8) is 0 Å². The Morgan fingerprint density at radius 2 is 2.06 bits per heavy atom. The summed E-state index contributed by atoms with van der Waals surface area (Å²) < 4.78 is 31.4. The van der Waals surface area contributed by atoms with Gasteiger partial charge in [0.2, 0.25) is 10.0 Å². The van der Waals surface area contributed by atoms with Crippen molar-refractivity contribution >= 4 is 15.9 Å². The Hall–Kier alpha value is -0.860. The molecule has 0 aromatic rings. The maximum absolute atomic E-state index is 12.5. The molecule has 3 N–H and O–H groups in total. The molecule has 7 nitrogen and oxygen atoms in total. The topological polar surface area (TPSA) is 105 Å². The zero-order valence-corrected chi connectivity index (χ0v) is 11.6. The lowest BCUT2D eigenvalue weighted by molar-refractivity contribution is 0.0970. The summed E-state index contributed by atoms with van der Waals surface area (Å²) in [5.74, 6) is -0.112. The fraction of sp³-hybridized carbons (Fsp3) is 0.900. The summed E-state index contributed by atoms with van der Waals surface area (Å²) in [5, 5.41) is 11.0. The van der Waals surface area contributed by atoms with Gasteiger partial charge in [-0.1, -0.05) is 5.16 Å². The molecule has 0 saturated carbocycles. The molecule has 1 heterocycles. The minimum Gasteiger partial charge on any atom is -0.409 e. The van der Waals surface area contributed by atoms with Crippen molar-refractivity contribution in [2.45, 2.75) is 38.0 Å². The van der Waals surface area contributed by atoms with Gasteiger partial charge in [0, 0.05) is 19.3 Å². The average Bonchev–Trinajstić information content (AvgIpc) is 2.36. The Bertz CT molecular complexity index is 388. The number of rotatable bonds is 5. The first-order valence-corrected chi connectivity index (χ1v) is 7.44. The van der Waals surface area contributed by atoms with E-state index < -0.39 is 15.3 Å². The molecule has 18 heavy (non-hydrogen) atoms. The van der Waals surface area contributed by atoms with Gasteiger partial charge in [-0.15, -0.1) is 0 Å². The van der Waals surface area contributed by atoms with Gasteiger partial charge in [0.15, 0.2) is 5.84 Å². The van der Waals surface area contributed by atoms with Crippen LogP contribution in [0.2, 0.25) is 0 Å². The van der Waals surface area contributed by atoms with Crippen LogP contribution in [0.5, 0.6) is 0 Å². The Morgan fingerprint density at radius 1 is 1.50 bits per heavy atom. The van der Waals surface area contributed by atoms with Gasteiger partial charge in [0.05, 0.1) is 11.8 Å². The van der Waals surface area contributed by atoms with Crippen LogP contribution in [0.15, 0.2) is 5.16 Å². The van der Waals surface area contributed by atoms with E-state index in [0.717, 1.165) is 0 Å². The molecular formula is C10H21N3O4S. The van der Waals surface area contributed by atoms with E-state index in [-0.39, 0.29) is 18.4 Å². The molecule has 0 amide bonds. The van der Waals surface area contributed by atoms with Crippen molar-refractivity contribution < 1.29 is 18.4 Å². The van der Waals surface area contributed by atoms with Gasteiger partial charge in [-0.05, 0) is 26.7 Å². The zero-order valence-electron chi connectivity index (χ0n) is 10.7. The van der Waals surface area contributed by atoms with E-state index in [1.807, 2.05) is 0 Å². The molecule has 0 unspecified atom stereocenters. The first-order valence-electron chi connectivity index (χ1n) is 5.94. The Labute approximate surface area is 108 Å². The van der Waals surface area contributed by atoms with E-state index in [2.05, 4.69) is 5.16 Å². The van der Waals surface area contributed by atoms with Gasteiger partial charge in [0.25, 0.3) is 0 Å². The number of amidine groups is 1. The second kappa shape index (κ2) is 6.35. The SMILES string of the molecule is CC(C)N(CC(N)=NO)S(=O)(=O)C1CCOCC1. The summed E-state index contributed by atoms with van der Waals surface area (Å²) in [4.78, 5) is 0. The van der Waals surface area contributed by atoms with Crippen LogP contribution in [0.3, 0.4) is 0 Å². The standard InChI is InChI=1S/C10H21N3O4S/c1-8(2)13(7-10(11)12-14)18(15,16)9-3-5-17-6-4-9/h8-9,14H,3-7H2,1-2H3,(H2,11,12). The molecule has 0 atom stereocenters. The molecule has 1 aliphatic heterocycles. The molecule has 0 aliphatic carbocycles. The van der Waals surface area contributed by atoms with E-state index in [1.54, 1.807) is 13.8 Å². The van der Waals surface area contributed by atoms with E-state index in [9.17, 15) is 8.42 Å². The van der Waals surface area contributed by atoms with Crippen molar-refractivity contribution in [2.24, 2.45) is 10.9 Å². The minimum absolute atomic E-state index is 0.0894. The lowest BCUT2D eigenvalue weighted by Gasteiger charge is -2.31. The number of sulfonamides is 1. The Morgan fingerprint density at radius 3 is 2.50 bits per heavy atom. The lowest BCUT2D eigenvalue weighted by atomic mass is 10.2. The van der Waals surface area contributed by atoms with Gasteiger partial charge in [-0.25, -0.2) is 8.42 Å². The maximum Gasteiger partial charge on any atom is 0.217 e. The van der Waals surface area contributed by atoms with Crippen molar-refractivity contribution in [1.29, 1.82) is 0 Å². The smallest absolute Gasteiger partial charge is 0.217 e. The highest BCUT2D eigenvalue weighted by atomic mass is 32.2. The predicted molar refractivity (Wildman–Crippen MR) is 68.0 cm³/mol. The van der Waals surface area contributed by atoms with Gasteiger partial charge >= 0.3 is 0 Å². The predicted octanol–water partition coefficient (Wildman–Crippen LogP) is -0.0480. The molecule has 0 radical (unpaired) electrons. The van der Waals surface area contributed by atoms with Crippen LogP contribution in [0.4, 0.5) is 0 Å². The molecule has 1 aliphatic rings. The van der Waals surface area contributed by atoms with Crippen LogP contribution in [0.1, 0.15) is 26.7 Å². The number of nitrogens with zero attached hydrogens (tertiary/aromatic N) is 2. The van der Waals surface area contributed by atoms with Gasteiger partial charge in [0.1, 0.15) is 0 Å². The molecule has 8 heteroatoms. The third-order valence-electron chi connectivity index (χ3n) is 2.94. The van der Waals surface area contributed by atoms with E-state index >= 15 is 0 Å². The summed E-state index contributed by atoms with van der Waals surface area (Å²) in [6.07, 6.45) is 0.976. The molecule has 1 saturated heterocycles. The van der Waals surface area contributed by atoms with Crippen molar-refractivity contribution in [3.8, 4) is 0 Å². The van der Waals surface area contributed by atoms with E-state index in [4.69, 9.17) is 15.7 Å². The second-order valence-electron chi connectivity index (χ2n) is 4.59. The highest BCUT2D eigenvalue weighted by molar-refractivity contribution is 7.89. The summed E-state index contributed by atoms with van der Waals surface area (Å²) in [5.41, 5.74) is 5.41. The number of hydrogen-bond acceptors (Lipinski definition) is 5. The van der Waals surface area contributed by atoms with E-state index in [1.165, 1.54) is 4.31 Å². The Balaban J connectivity index is 2.89. The maximum atomic E-state index is 12.5. The van der Waals surface area contributed by atoms with Gasteiger partial charge < -0.3 is 15.7 Å². The quantitative estimate of drug-likeness (QED) is 0.318. The highest BCUT2D eigenvalue weighted by Crippen LogP contribution is 2.21. The molecular weight excluding hydrogens is 258 g/mol. The zero-order chi connectivity index (χ0) is 13.8. The first kappa shape index (κ1) is 15.2. The minimum atomic E-state index is -3.45. The first-order chi connectivity index (χ1) is 8.39. The largest absolute Gasteiger partial charge is 0.409 e. The molecule has 0 aromatic carbocycles. The van der Waals surface area contributed by atoms with Gasteiger partial charge in [-0.3, -0.25) is 0 Å². The Kier molecular flexibility index (Phi) is 5.36. The molecule has 1 rings (SSSR count). The monoisotopic (exact) mass is 279 g/mol. The summed E-state index contributed by atoms with van der Waals surface area (Å²) in [6.45, 7) is 4.36. The van der Waals surface area contributed by atoms with Crippen molar-refractivity contribution in [2.75, 3.05) is 19.8 Å². The number of ether oxygens (including phenoxy) is 1. The molecule has 1 fully saturated rings. The number of nitrogens with two attached hydrogens (primary N) is 1. The molecule has 106 valence electrons. The van der Waals surface area contributed by atoms with Crippen LogP contribution in [-0.2, 0) is 14.8 Å². The van der Waals surface area contributed by atoms with Crippen LogP contribution in [-0.4, -0.2) is 54.8 Å². The molecule has 0 aromatic heterocycles. The molecule has 0 spiro atoms. The normalized spacial score (nSPS) is 19.7. The summed E-state index contributed by atoms with van der Waals surface area (Å²) in [6, 6.07) is -0.238. The summed E-state index contributed by atoms with van der Waals surface area (Å²) in [7, 11) is -3.45. The fourth-order valence-corrected chi connectivity index (χ4v) is 3.99. The van der Waals surface area contributed by atoms with Crippen LogP contribution >= 0.6 is 0 Å². The third kappa shape index (κ3) is 3.56. The molecule has 0 bridgehead atoms. The summed E-state index contributed by atoms with van der Waals surface area (Å²) >= 11 is 0. The number of oxime groups is 1. The van der Waals surface area contributed by atoms with Crippen molar-refractivity contribution in [1.82, 2.24) is 4.31 Å². The van der Waals surface area contributed by atoms with Gasteiger partial charge in [-0.2, -0.15) is 4.31 Å². The van der Waals surface area contributed by atoms with E-state index in [0.29, 0.717) is 26.1 Å². The number of hydrogen-bond donors (Lipinski definition) is 2. The van der Waals surface area contributed by atoms with Crippen LogP contribution in [0.25, 0.3) is 0 Å². The lowest BCUT2D eigenvalue weighted by Crippen LogP contribution is -2.48. The average molecular weight is 279 g/mol. The second-order valence-corrected chi connectivity index (χ2v) is 6.75. The third-order valence-corrected chi connectivity index (χ3v) is 5.46. The van der Waals surface area contributed by atoms with Crippen LogP contribution < -0.4 is 5.73 Å². The fourth-order valence-electron chi connectivity index (χ4n) is 1.92. The highest BCUT2D eigenvalue weighted by Gasteiger charge is 2.35.